The van der Waals surface area contributed by atoms with Crippen LogP contribution in [0.5, 0.6) is 5.75 Å². The van der Waals surface area contributed by atoms with Crippen molar-refractivity contribution in [1.29, 1.82) is 0 Å². The van der Waals surface area contributed by atoms with Crippen LogP contribution in [-0.2, 0) is 9.59 Å². The number of phenolic OH excluding ortho intramolecular Hbond substituents is 1. The number of benzene rings is 1. The molecule has 1 aliphatic carbocycles. The van der Waals surface area contributed by atoms with Gasteiger partial charge < -0.3 is 15.5 Å². The van der Waals surface area contributed by atoms with E-state index in [1.165, 1.54) is 6.07 Å². The predicted molar refractivity (Wildman–Crippen MR) is 74.5 cm³/mol. The summed E-state index contributed by atoms with van der Waals surface area (Å²) < 4.78 is 0. The molecule has 0 spiro atoms. The number of amides is 1. The number of carboxylic acid groups (broad SMARTS) is 1. The van der Waals surface area contributed by atoms with Gasteiger partial charge in [0.2, 0.25) is 5.91 Å². The van der Waals surface area contributed by atoms with Gasteiger partial charge in [-0.2, -0.15) is 0 Å². The van der Waals surface area contributed by atoms with Crippen LogP contribution in [0.3, 0.4) is 0 Å². The molecule has 1 aromatic rings. The number of aromatic hydroxyl groups is 1. The zero-order chi connectivity index (χ0) is 14.6. The molecule has 1 aliphatic rings. The molecule has 1 amide bonds. The highest BCUT2D eigenvalue weighted by molar-refractivity contribution is 5.92. The molecule has 0 atom stereocenters. The maximum absolute atomic E-state index is 12.1. The van der Waals surface area contributed by atoms with E-state index in [1.807, 2.05) is 0 Å². The Morgan fingerprint density at radius 3 is 2.40 bits per heavy atom. The van der Waals surface area contributed by atoms with E-state index in [0.717, 1.165) is 25.7 Å². The summed E-state index contributed by atoms with van der Waals surface area (Å²) in [6.07, 6.45) is 3.70. The van der Waals surface area contributed by atoms with Crippen molar-refractivity contribution in [1.82, 2.24) is 0 Å². The van der Waals surface area contributed by atoms with Gasteiger partial charge in [0.25, 0.3) is 0 Å². The lowest BCUT2D eigenvalue weighted by Crippen LogP contribution is -2.27. The third-order valence-electron chi connectivity index (χ3n) is 3.90. The zero-order valence-electron chi connectivity index (χ0n) is 11.3. The Kier molecular flexibility index (Phi) is 4.27. The molecule has 1 aromatic carbocycles. The minimum Gasteiger partial charge on any atom is -0.506 e. The SMILES string of the molecule is O=C(O)CC1(CC(=O)Nc2ccccc2O)CCCC1. The van der Waals surface area contributed by atoms with E-state index in [2.05, 4.69) is 5.32 Å². The topological polar surface area (TPSA) is 86.6 Å². The number of carboxylic acids is 1. The molecule has 20 heavy (non-hydrogen) atoms. The number of carbonyl (C=O) groups is 2. The van der Waals surface area contributed by atoms with Crippen molar-refractivity contribution in [3.8, 4) is 5.75 Å². The van der Waals surface area contributed by atoms with Crippen LogP contribution in [0.15, 0.2) is 24.3 Å². The minimum atomic E-state index is -0.859. The Hall–Kier alpha value is -2.04. The number of nitrogens with one attached hydrogen (secondary N) is 1. The van der Waals surface area contributed by atoms with E-state index in [-0.39, 0.29) is 24.5 Å². The standard InChI is InChI=1S/C15H19NO4/c17-12-6-2-1-5-11(12)16-13(18)9-15(10-14(19)20)7-3-4-8-15/h1-2,5-6,17H,3-4,7-10H2,(H,16,18)(H,19,20). The van der Waals surface area contributed by atoms with Crippen LogP contribution in [0.2, 0.25) is 0 Å². The van der Waals surface area contributed by atoms with Crippen LogP contribution < -0.4 is 5.32 Å². The first-order valence-corrected chi connectivity index (χ1v) is 6.80. The summed E-state index contributed by atoms with van der Waals surface area (Å²) in [5.41, 5.74) is -0.0682. The molecule has 0 bridgehead atoms. The summed E-state index contributed by atoms with van der Waals surface area (Å²) in [4.78, 5) is 23.1. The molecule has 0 aromatic heterocycles. The monoisotopic (exact) mass is 277 g/mol. The Morgan fingerprint density at radius 1 is 1.15 bits per heavy atom. The van der Waals surface area contributed by atoms with Crippen LogP contribution in [0.1, 0.15) is 38.5 Å². The van der Waals surface area contributed by atoms with Gasteiger partial charge in [-0.25, -0.2) is 0 Å². The van der Waals surface area contributed by atoms with Crippen LogP contribution in [0, 0.1) is 5.41 Å². The number of para-hydroxylation sites is 2. The van der Waals surface area contributed by atoms with Gasteiger partial charge in [0.15, 0.2) is 0 Å². The Labute approximate surface area is 117 Å². The van der Waals surface area contributed by atoms with E-state index in [0.29, 0.717) is 5.69 Å². The van der Waals surface area contributed by atoms with Gasteiger partial charge in [-0.05, 0) is 30.4 Å². The number of hydrogen-bond acceptors (Lipinski definition) is 3. The van der Waals surface area contributed by atoms with Crippen molar-refractivity contribution >= 4 is 17.6 Å². The van der Waals surface area contributed by atoms with Gasteiger partial charge in [0.1, 0.15) is 5.75 Å². The van der Waals surface area contributed by atoms with Crippen molar-refractivity contribution in [3.05, 3.63) is 24.3 Å². The molecule has 0 heterocycles. The van der Waals surface area contributed by atoms with E-state index in [9.17, 15) is 14.7 Å². The van der Waals surface area contributed by atoms with Gasteiger partial charge in [-0.1, -0.05) is 25.0 Å². The highest BCUT2D eigenvalue weighted by atomic mass is 16.4. The molecule has 0 radical (unpaired) electrons. The second kappa shape index (κ2) is 5.94. The first kappa shape index (κ1) is 14.4. The Bertz CT molecular complexity index is 506. The Morgan fingerprint density at radius 2 is 1.80 bits per heavy atom. The van der Waals surface area contributed by atoms with Gasteiger partial charge in [-0.3, -0.25) is 9.59 Å². The lowest BCUT2D eigenvalue weighted by Gasteiger charge is -2.26. The maximum Gasteiger partial charge on any atom is 0.303 e. The third-order valence-corrected chi connectivity index (χ3v) is 3.90. The molecule has 0 unspecified atom stereocenters. The molecule has 108 valence electrons. The molecule has 1 saturated carbocycles. The number of rotatable bonds is 5. The van der Waals surface area contributed by atoms with Crippen molar-refractivity contribution in [2.45, 2.75) is 38.5 Å². The summed E-state index contributed by atoms with van der Waals surface area (Å²) in [5, 5.41) is 21.3. The van der Waals surface area contributed by atoms with Gasteiger partial charge in [0, 0.05) is 6.42 Å². The highest BCUT2D eigenvalue weighted by Gasteiger charge is 2.38. The number of phenols is 1. The molecular weight excluding hydrogens is 258 g/mol. The fourth-order valence-electron chi connectivity index (χ4n) is 2.98. The summed E-state index contributed by atoms with van der Waals surface area (Å²) in [7, 11) is 0. The second-order valence-corrected chi connectivity index (χ2v) is 5.52. The van der Waals surface area contributed by atoms with Gasteiger partial charge in [-0.15, -0.1) is 0 Å². The zero-order valence-corrected chi connectivity index (χ0v) is 11.3. The number of aliphatic carboxylic acids is 1. The van der Waals surface area contributed by atoms with E-state index in [1.54, 1.807) is 18.2 Å². The quantitative estimate of drug-likeness (QED) is 0.722. The molecule has 5 nitrogen and oxygen atoms in total. The molecule has 0 aliphatic heterocycles. The lowest BCUT2D eigenvalue weighted by atomic mass is 9.79. The molecular formula is C15H19NO4. The summed E-state index contributed by atoms with van der Waals surface area (Å²) in [6, 6.07) is 6.51. The largest absolute Gasteiger partial charge is 0.506 e. The number of anilines is 1. The average Bonchev–Trinajstić information content (AvgIpc) is 2.79. The van der Waals surface area contributed by atoms with E-state index >= 15 is 0 Å². The van der Waals surface area contributed by atoms with Crippen molar-refractivity contribution < 1.29 is 19.8 Å². The summed E-state index contributed by atoms with van der Waals surface area (Å²) >= 11 is 0. The lowest BCUT2D eigenvalue weighted by molar-refractivity contribution is -0.140. The summed E-state index contributed by atoms with van der Waals surface area (Å²) in [6.45, 7) is 0. The van der Waals surface area contributed by atoms with Crippen LogP contribution in [-0.4, -0.2) is 22.1 Å². The van der Waals surface area contributed by atoms with Crippen LogP contribution in [0.25, 0.3) is 0 Å². The number of carbonyl (C=O) groups excluding carboxylic acids is 1. The first-order chi connectivity index (χ1) is 9.51. The summed E-state index contributed by atoms with van der Waals surface area (Å²) in [5.74, 6) is -1.09. The van der Waals surface area contributed by atoms with Gasteiger partial charge >= 0.3 is 5.97 Å². The first-order valence-electron chi connectivity index (χ1n) is 6.80. The van der Waals surface area contributed by atoms with Crippen molar-refractivity contribution in [2.24, 2.45) is 5.41 Å². The molecule has 3 N–H and O–H groups in total. The highest BCUT2D eigenvalue weighted by Crippen LogP contribution is 2.44. The van der Waals surface area contributed by atoms with Crippen molar-refractivity contribution in [2.75, 3.05) is 5.32 Å². The van der Waals surface area contributed by atoms with Crippen molar-refractivity contribution in [3.63, 3.8) is 0 Å². The smallest absolute Gasteiger partial charge is 0.303 e. The molecule has 5 heteroatoms. The predicted octanol–water partition coefficient (Wildman–Crippen LogP) is 2.76. The average molecular weight is 277 g/mol. The van der Waals surface area contributed by atoms with E-state index < -0.39 is 11.4 Å². The molecule has 0 saturated heterocycles. The van der Waals surface area contributed by atoms with Crippen LogP contribution in [0.4, 0.5) is 5.69 Å². The van der Waals surface area contributed by atoms with E-state index in [4.69, 9.17) is 5.11 Å². The fourth-order valence-corrected chi connectivity index (χ4v) is 2.98. The second-order valence-electron chi connectivity index (χ2n) is 5.52. The third kappa shape index (κ3) is 3.50. The fraction of sp³-hybridized carbons (Fsp3) is 0.467. The number of hydrogen-bond donors (Lipinski definition) is 3. The molecule has 2 rings (SSSR count). The van der Waals surface area contributed by atoms with Crippen LogP contribution >= 0.6 is 0 Å². The Balaban J connectivity index is 2.02. The minimum absolute atomic E-state index is 0.0135. The van der Waals surface area contributed by atoms with Gasteiger partial charge in [0.05, 0.1) is 12.1 Å². The normalized spacial score (nSPS) is 16.8. The molecule has 1 fully saturated rings. The maximum atomic E-state index is 12.1.